The Morgan fingerprint density at radius 1 is 1.11 bits per heavy atom. The fourth-order valence-electron chi connectivity index (χ4n) is 2.18. The molecule has 0 unspecified atom stereocenters. The van der Waals surface area contributed by atoms with E-state index in [1.807, 2.05) is 0 Å². The van der Waals surface area contributed by atoms with Crippen LogP contribution in [0.25, 0.3) is 6.08 Å². The summed E-state index contributed by atoms with van der Waals surface area (Å²) >= 11 is 5.86. The maximum absolute atomic E-state index is 13.0. The third kappa shape index (κ3) is 5.99. The summed E-state index contributed by atoms with van der Waals surface area (Å²) in [7, 11) is 3.04. The van der Waals surface area contributed by atoms with Crippen LogP contribution in [0.5, 0.6) is 11.5 Å². The van der Waals surface area contributed by atoms with Crippen molar-refractivity contribution < 1.29 is 28.2 Å². The third-order valence-electron chi connectivity index (χ3n) is 3.64. The molecule has 8 heteroatoms. The highest BCUT2D eigenvalue weighted by Crippen LogP contribution is 2.24. The van der Waals surface area contributed by atoms with Gasteiger partial charge in [-0.2, -0.15) is 0 Å². The summed E-state index contributed by atoms with van der Waals surface area (Å²) in [5, 5.41) is 2.52. The van der Waals surface area contributed by atoms with Gasteiger partial charge in [0.2, 0.25) is 0 Å². The van der Waals surface area contributed by atoms with Crippen molar-refractivity contribution >= 4 is 35.2 Å². The van der Waals surface area contributed by atoms with Crippen molar-refractivity contribution in [2.75, 3.05) is 19.5 Å². The Kier molecular flexibility index (Phi) is 7.40. The Morgan fingerprint density at radius 3 is 2.32 bits per heavy atom. The Bertz CT molecular complexity index is 878. The van der Waals surface area contributed by atoms with Crippen LogP contribution in [0.3, 0.4) is 0 Å². The zero-order valence-electron chi connectivity index (χ0n) is 15.5. The zero-order valence-corrected chi connectivity index (χ0v) is 16.2. The van der Waals surface area contributed by atoms with E-state index in [0.29, 0.717) is 17.1 Å². The molecule has 0 aliphatic heterocycles. The first kappa shape index (κ1) is 21.2. The van der Waals surface area contributed by atoms with Crippen molar-refractivity contribution in [3.63, 3.8) is 0 Å². The molecule has 0 aromatic heterocycles. The first-order chi connectivity index (χ1) is 13.3. The normalized spacial score (nSPS) is 11.8. The SMILES string of the molecule is COc1cc(/C=C/C(=O)O[C@@H](C)C(=O)Nc2ccc(F)cc2Cl)cc(OC)c1. The summed E-state index contributed by atoms with van der Waals surface area (Å²) in [4.78, 5) is 24.1. The summed E-state index contributed by atoms with van der Waals surface area (Å²) in [6, 6.07) is 8.66. The standard InChI is InChI=1S/C20H19ClFNO5/c1-12(20(25)23-18-6-5-14(22)10-17(18)21)28-19(24)7-4-13-8-15(26-2)11-16(9-13)27-3/h4-12H,1-3H3,(H,23,25)/b7-4+/t12-/m0/s1. The number of nitrogens with one attached hydrogen (secondary N) is 1. The van der Waals surface area contributed by atoms with Gasteiger partial charge >= 0.3 is 5.97 Å². The number of carbonyl (C=O) groups excluding carboxylic acids is 2. The van der Waals surface area contributed by atoms with Crippen LogP contribution in [-0.2, 0) is 14.3 Å². The molecule has 28 heavy (non-hydrogen) atoms. The van der Waals surface area contributed by atoms with Gasteiger partial charge in [-0.25, -0.2) is 9.18 Å². The Balaban J connectivity index is 1.98. The first-order valence-electron chi connectivity index (χ1n) is 8.20. The number of hydrogen-bond donors (Lipinski definition) is 1. The second kappa shape index (κ2) is 9.75. The summed E-state index contributed by atoms with van der Waals surface area (Å²) in [5.74, 6) is -0.706. The predicted molar refractivity (Wildman–Crippen MR) is 104 cm³/mol. The van der Waals surface area contributed by atoms with Crippen LogP contribution in [0, 0.1) is 5.82 Å². The van der Waals surface area contributed by atoms with E-state index in [1.165, 1.54) is 39.4 Å². The number of carbonyl (C=O) groups is 2. The third-order valence-corrected chi connectivity index (χ3v) is 3.95. The Labute approximate surface area is 166 Å². The van der Waals surface area contributed by atoms with Crippen LogP contribution in [0.2, 0.25) is 5.02 Å². The number of ether oxygens (including phenoxy) is 3. The second-order valence-corrected chi connectivity index (χ2v) is 6.08. The zero-order chi connectivity index (χ0) is 20.7. The Morgan fingerprint density at radius 2 is 1.75 bits per heavy atom. The second-order valence-electron chi connectivity index (χ2n) is 5.67. The number of amides is 1. The molecule has 0 heterocycles. The van der Waals surface area contributed by atoms with Crippen LogP contribution in [0.1, 0.15) is 12.5 Å². The first-order valence-corrected chi connectivity index (χ1v) is 8.58. The van der Waals surface area contributed by atoms with Crippen LogP contribution in [-0.4, -0.2) is 32.2 Å². The molecule has 1 atom stereocenters. The van der Waals surface area contributed by atoms with E-state index in [4.69, 9.17) is 25.8 Å². The molecule has 6 nitrogen and oxygen atoms in total. The maximum atomic E-state index is 13.0. The average molecular weight is 408 g/mol. The van der Waals surface area contributed by atoms with E-state index >= 15 is 0 Å². The number of anilines is 1. The largest absolute Gasteiger partial charge is 0.497 e. The quantitative estimate of drug-likeness (QED) is 0.553. The summed E-state index contributed by atoms with van der Waals surface area (Å²) in [5.41, 5.74) is 0.873. The molecule has 0 bridgehead atoms. The highest BCUT2D eigenvalue weighted by atomic mass is 35.5. The fourth-order valence-corrected chi connectivity index (χ4v) is 2.40. The van der Waals surface area contributed by atoms with Gasteiger partial charge in [-0.15, -0.1) is 0 Å². The van der Waals surface area contributed by atoms with Gasteiger partial charge in [0.1, 0.15) is 17.3 Å². The van der Waals surface area contributed by atoms with Gasteiger partial charge in [0.25, 0.3) is 5.91 Å². The van der Waals surface area contributed by atoms with Crippen LogP contribution in [0.4, 0.5) is 10.1 Å². The van der Waals surface area contributed by atoms with Gasteiger partial charge in [-0.3, -0.25) is 4.79 Å². The summed E-state index contributed by atoms with van der Waals surface area (Å²) < 4.78 is 28.4. The molecule has 1 N–H and O–H groups in total. The van der Waals surface area contributed by atoms with Crippen LogP contribution >= 0.6 is 11.6 Å². The minimum absolute atomic E-state index is 0.0405. The number of hydrogen-bond acceptors (Lipinski definition) is 5. The molecule has 2 aromatic carbocycles. The molecule has 0 aliphatic carbocycles. The lowest BCUT2D eigenvalue weighted by Crippen LogP contribution is -2.29. The summed E-state index contributed by atoms with van der Waals surface area (Å²) in [6.45, 7) is 1.41. The van der Waals surface area contributed by atoms with Crippen LogP contribution < -0.4 is 14.8 Å². The molecule has 0 aliphatic rings. The number of esters is 1. The van der Waals surface area contributed by atoms with E-state index in [-0.39, 0.29) is 10.7 Å². The maximum Gasteiger partial charge on any atom is 0.331 e. The fraction of sp³-hybridized carbons (Fsp3) is 0.200. The van der Waals surface area contributed by atoms with Crippen molar-refractivity contribution in [2.24, 2.45) is 0 Å². The molecular formula is C20H19ClFNO5. The number of methoxy groups -OCH3 is 2. The number of rotatable bonds is 7. The molecule has 2 rings (SSSR count). The molecule has 0 spiro atoms. The van der Waals surface area contributed by atoms with E-state index in [1.54, 1.807) is 18.2 Å². The minimum Gasteiger partial charge on any atom is -0.497 e. The Hall–Kier alpha value is -3.06. The predicted octanol–water partition coefficient (Wildman–Crippen LogP) is 4.08. The highest BCUT2D eigenvalue weighted by Gasteiger charge is 2.18. The summed E-state index contributed by atoms with van der Waals surface area (Å²) in [6.07, 6.45) is 1.61. The lowest BCUT2D eigenvalue weighted by Gasteiger charge is -2.13. The van der Waals surface area contributed by atoms with E-state index in [2.05, 4.69) is 5.32 Å². The van der Waals surface area contributed by atoms with Gasteiger partial charge in [-0.1, -0.05) is 11.6 Å². The monoisotopic (exact) mass is 407 g/mol. The molecule has 0 saturated heterocycles. The van der Waals surface area contributed by atoms with Gasteiger partial charge in [0, 0.05) is 12.1 Å². The van der Waals surface area contributed by atoms with Gasteiger partial charge in [-0.05, 0) is 48.9 Å². The highest BCUT2D eigenvalue weighted by molar-refractivity contribution is 6.33. The molecule has 1 amide bonds. The van der Waals surface area contributed by atoms with Crippen molar-refractivity contribution in [1.82, 2.24) is 0 Å². The molecule has 2 aromatic rings. The van der Waals surface area contributed by atoms with Gasteiger partial charge in [0.05, 0.1) is 24.9 Å². The molecule has 0 saturated carbocycles. The van der Waals surface area contributed by atoms with E-state index < -0.39 is 23.8 Å². The molecular weight excluding hydrogens is 389 g/mol. The van der Waals surface area contributed by atoms with Crippen molar-refractivity contribution in [3.8, 4) is 11.5 Å². The van der Waals surface area contributed by atoms with Crippen LogP contribution in [0.15, 0.2) is 42.5 Å². The van der Waals surface area contributed by atoms with Gasteiger partial charge in [0.15, 0.2) is 6.10 Å². The van der Waals surface area contributed by atoms with Crippen molar-refractivity contribution in [2.45, 2.75) is 13.0 Å². The van der Waals surface area contributed by atoms with E-state index in [0.717, 1.165) is 12.1 Å². The average Bonchev–Trinajstić information content (AvgIpc) is 2.68. The van der Waals surface area contributed by atoms with Gasteiger partial charge < -0.3 is 19.5 Å². The smallest absolute Gasteiger partial charge is 0.331 e. The topological polar surface area (TPSA) is 73.9 Å². The lowest BCUT2D eigenvalue weighted by atomic mass is 10.2. The molecule has 148 valence electrons. The minimum atomic E-state index is -1.09. The number of benzene rings is 2. The lowest BCUT2D eigenvalue weighted by molar-refractivity contribution is -0.148. The van der Waals surface area contributed by atoms with Crippen molar-refractivity contribution in [3.05, 3.63) is 58.9 Å². The number of halogens is 2. The van der Waals surface area contributed by atoms with E-state index in [9.17, 15) is 14.0 Å². The molecule has 0 fully saturated rings. The van der Waals surface area contributed by atoms with Crippen molar-refractivity contribution in [1.29, 1.82) is 0 Å². The molecule has 0 radical (unpaired) electrons.